The summed E-state index contributed by atoms with van der Waals surface area (Å²) in [6, 6.07) is 9.37. The number of amides is 6. The first-order chi connectivity index (χ1) is 39.7. The number of nitrogens with zero attached hydrogens (tertiary/aromatic N) is 7. The molecule has 0 fully saturated rings. The zero-order valence-electron chi connectivity index (χ0n) is 44.8. The van der Waals surface area contributed by atoms with E-state index in [9.17, 15) is 48.2 Å². The smallest absolute Gasteiger partial charge is 0.325 e. The van der Waals surface area contributed by atoms with Crippen molar-refractivity contribution in [3.63, 3.8) is 0 Å². The van der Waals surface area contributed by atoms with E-state index in [-0.39, 0.29) is 78.2 Å². The predicted octanol–water partition coefficient (Wildman–Crippen LogP) is 7.60. The van der Waals surface area contributed by atoms with Crippen LogP contribution in [-0.4, -0.2) is 112 Å². The first-order valence-electron chi connectivity index (χ1n) is 25.5. The molecule has 434 valence electrons. The van der Waals surface area contributed by atoms with Crippen LogP contribution in [0.3, 0.4) is 0 Å². The molecule has 1 aliphatic heterocycles. The Balaban J connectivity index is 1.10. The molecule has 7 aromatic heterocycles. The number of benzene rings is 1. The van der Waals surface area contributed by atoms with Crippen molar-refractivity contribution in [3.05, 3.63) is 111 Å². The summed E-state index contributed by atoms with van der Waals surface area (Å²) in [5, 5.41) is 37.6. The Morgan fingerprint density at radius 2 is 1.42 bits per heavy atom. The SMILES string of the molecule is CNC(=O)C[C@@H]1NC(=O)c2csc(n2)-c2ccc(-c3nc(NC(=O)CCCCP(=O)(O)O)cs3)nc2-c2csc(n2)-c2csc(n2)[C@H]([C@@H](O)c2ccccc2)NC(=O)CNC(=O)c2nc(sc2COC)[C@H](C(C)C)NC(=O)c2nc1sc2C. The molecule has 6 amide bonds. The Hall–Kier alpha value is -6.96. The van der Waals surface area contributed by atoms with Gasteiger partial charge in [-0.3, -0.25) is 33.3 Å². The number of aliphatic hydroxyl groups excluding tert-OH is 1. The molecule has 8 heterocycles. The van der Waals surface area contributed by atoms with Crippen LogP contribution in [-0.2, 0) is 30.3 Å². The van der Waals surface area contributed by atoms with Gasteiger partial charge in [-0.1, -0.05) is 44.2 Å². The van der Waals surface area contributed by atoms with Gasteiger partial charge in [-0.2, -0.15) is 0 Å². The fourth-order valence-electron chi connectivity index (χ4n) is 8.45. The summed E-state index contributed by atoms with van der Waals surface area (Å²) in [6.45, 7) is 4.92. The van der Waals surface area contributed by atoms with E-state index in [1.165, 1.54) is 48.2 Å². The van der Waals surface area contributed by atoms with Gasteiger partial charge < -0.3 is 51.5 Å². The monoisotopic (exact) mass is 1260 g/mol. The maximum absolute atomic E-state index is 14.3. The van der Waals surface area contributed by atoms with Gasteiger partial charge in [0.2, 0.25) is 17.7 Å². The van der Waals surface area contributed by atoms with Gasteiger partial charge in [0.15, 0.2) is 0 Å². The number of aromatic nitrogens is 7. The molecule has 4 atom stereocenters. The largest absolute Gasteiger partial charge is 0.386 e. The Morgan fingerprint density at radius 1 is 0.711 bits per heavy atom. The number of aliphatic hydroxyl groups is 1. The normalized spacial score (nSPS) is 16.6. The lowest BCUT2D eigenvalue weighted by Crippen LogP contribution is -2.40. The lowest BCUT2D eigenvalue weighted by atomic mass is 10.0. The number of rotatable bonds is 14. The van der Waals surface area contributed by atoms with Crippen LogP contribution in [0.15, 0.2) is 64.0 Å². The first kappa shape index (κ1) is 60.6. The molecule has 1 aromatic carbocycles. The molecule has 0 spiro atoms. The summed E-state index contributed by atoms with van der Waals surface area (Å²) in [5.41, 5.74) is 2.57. The topological polar surface area (TPSA) is 352 Å². The maximum atomic E-state index is 14.3. The molecule has 1 aliphatic rings. The van der Waals surface area contributed by atoms with Crippen LogP contribution in [0, 0.1) is 12.8 Å². The van der Waals surface area contributed by atoms with E-state index in [2.05, 4.69) is 46.9 Å². The Morgan fingerprint density at radius 3 is 2.17 bits per heavy atom. The molecular formula is C52H54N13O11PS6. The van der Waals surface area contributed by atoms with Gasteiger partial charge in [-0.25, -0.2) is 34.9 Å². The van der Waals surface area contributed by atoms with Crippen molar-refractivity contribution in [2.75, 3.05) is 32.2 Å². The second-order valence-corrected chi connectivity index (χ2v) is 26.7. The Labute approximate surface area is 498 Å². The number of anilines is 1. The van der Waals surface area contributed by atoms with E-state index in [4.69, 9.17) is 24.7 Å². The molecule has 9 rings (SSSR count). The molecule has 10 bridgehead atoms. The summed E-state index contributed by atoms with van der Waals surface area (Å²) >= 11 is 7.09. The van der Waals surface area contributed by atoms with Crippen LogP contribution in [0.2, 0.25) is 0 Å². The van der Waals surface area contributed by atoms with Crippen LogP contribution >= 0.6 is 75.6 Å². The first-order valence-corrected chi connectivity index (χ1v) is 32.5. The number of aryl methyl sites for hydroxylation is 1. The zero-order chi connectivity index (χ0) is 59.1. The van der Waals surface area contributed by atoms with E-state index < -0.39 is 67.9 Å². The second kappa shape index (κ2) is 26.7. The third kappa shape index (κ3) is 14.9. The standard InChI is InChI=1S/C52H54N13O11PS6/c1-24(2)38-52-65-41(33(83-52)19-76-5)45(71)54-18-37(68)62-42(43(69)26-11-7-6-8-12-26)51-59-32(22-80-51)49-57-30(20-79-49)40-27(14-15-28(55-40)48-61-34(23-81-48)60-35(66)13-9-10-16-77(73,74)75)47-58-31(21-78-47)44(70)56-29(17-36(67)53-4)50-64-39(25(3)82-50)46(72)63-38/h6-8,11-12,14-15,20-24,29,38,42-43,69H,9-10,13,16-19H2,1-5H3,(H,53,67)(H,54,71)(H,56,70)(H,60,66)(H,62,68)(H,63,72)(H2,73,74,75)/t29-,38-,42-,43-/m0/s1. The summed E-state index contributed by atoms with van der Waals surface area (Å²) < 4.78 is 16.7. The number of hydrogen-bond acceptors (Lipinski definition) is 22. The molecule has 0 unspecified atom stereocenters. The number of thiazole rings is 6. The lowest BCUT2D eigenvalue weighted by molar-refractivity contribution is -0.122. The van der Waals surface area contributed by atoms with Crippen molar-refractivity contribution in [2.24, 2.45) is 5.92 Å². The number of ether oxygens (including phenoxy) is 1. The fourth-order valence-corrected chi connectivity index (χ4v) is 14.6. The van der Waals surface area contributed by atoms with E-state index in [0.29, 0.717) is 68.7 Å². The molecule has 0 radical (unpaired) electrons. The van der Waals surface area contributed by atoms with Crippen molar-refractivity contribution in [3.8, 4) is 43.4 Å². The third-order valence-electron chi connectivity index (χ3n) is 12.6. The molecule has 8 aromatic rings. The molecule has 0 saturated carbocycles. The van der Waals surface area contributed by atoms with Crippen LogP contribution < -0.4 is 31.9 Å². The summed E-state index contributed by atoms with van der Waals surface area (Å²) in [5.74, 6) is -3.32. The zero-order valence-corrected chi connectivity index (χ0v) is 50.6. The highest BCUT2D eigenvalue weighted by Gasteiger charge is 2.33. The van der Waals surface area contributed by atoms with Gasteiger partial charge in [-0.05, 0) is 43.4 Å². The molecular weight excluding hydrogens is 1210 g/mol. The van der Waals surface area contributed by atoms with Gasteiger partial charge in [0.05, 0.1) is 42.2 Å². The number of methoxy groups -OCH3 is 1. The summed E-state index contributed by atoms with van der Waals surface area (Å²) in [4.78, 5) is 135. The van der Waals surface area contributed by atoms with Gasteiger partial charge in [0.25, 0.3) is 17.7 Å². The van der Waals surface area contributed by atoms with Crippen LogP contribution in [0.1, 0.15) is 126 Å². The fraction of sp³-hybridized carbons (Fsp3) is 0.327. The quantitative estimate of drug-likeness (QED) is 0.0374. The molecule has 24 nitrogen and oxygen atoms in total. The number of nitrogens with one attached hydrogen (secondary N) is 6. The number of fused-ring (bicyclic) bond motifs is 14. The van der Waals surface area contributed by atoms with E-state index in [1.807, 2.05) is 13.8 Å². The van der Waals surface area contributed by atoms with Crippen molar-refractivity contribution >= 4 is 117 Å². The highest BCUT2D eigenvalue weighted by molar-refractivity contribution is 7.51. The van der Waals surface area contributed by atoms with Crippen LogP contribution in [0.5, 0.6) is 0 Å². The Bertz CT molecular complexity index is 3740. The van der Waals surface area contributed by atoms with Crippen LogP contribution in [0.4, 0.5) is 5.82 Å². The molecule has 31 heteroatoms. The summed E-state index contributed by atoms with van der Waals surface area (Å²) in [7, 11) is -1.26. The predicted molar refractivity (Wildman–Crippen MR) is 316 cm³/mol. The van der Waals surface area contributed by atoms with E-state index in [1.54, 1.807) is 70.9 Å². The average molecular weight is 1260 g/mol. The number of pyridine rings is 1. The minimum Gasteiger partial charge on any atom is -0.386 e. The highest BCUT2D eigenvalue weighted by atomic mass is 32.1. The minimum atomic E-state index is -4.19. The highest BCUT2D eigenvalue weighted by Crippen LogP contribution is 2.40. The number of carbonyl (C=O) groups is 6. The second-order valence-electron chi connectivity index (χ2n) is 19.1. The number of unbranched alkanes of at least 4 members (excludes halogenated alkanes) is 1. The van der Waals surface area contributed by atoms with Crippen molar-refractivity contribution in [1.29, 1.82) is 0 Å². The molecule has 0 saturated heterocycles. The van der Waals surface area contributed by atoms with Crippen molar-refractivity contribution < 1.29 is 53.0 Å². The molecule has 9 N–H and O–H groups in total. The van der Waals surface area contributed by atoms with Gasteiger partial charge in [-0.15, -0.1) is 68.0 Å². The third-order valence-corrected chi connectivity index (χ3v) is 19.2. The maximum Gasteiger partial charge on any atom is 0.325 e. The van der Waals surface area contributed by atoms with E-state index in [0.717, 1.165) is 34.0 Å². The molecule has 0 aliphatic carbocycles. The van der Waals surface area contributed by atoms with Gasteiger partial charge >= 0.3 is 7.60 Å². The summed E-state index contributed by atoms with van der Waals surface area (Å²) in [6.07, 6.45) is -1.38. The number of hydrogen-bond donors (Lipinski definition) is 9. The van der Waals surface area contributed by atoms with Crippen LogP contribution in [0.25, 0.3) is 43.4 Å². The van der Waals surface area contributed by atoms with Gasteiger partial charge in [0.1, 0.15) is 82.2 Å². The van der Waals surface area contributed by atoms with Gasteiger partial charge in [0, 0.05) is 58.7 Å². The number of carbonyl (C=O) groups excluding carboxylic acids is 6. The minimum absolute atomic E-state index is 0.00412. The van der Waals surface area contributed by atoms with Crippen molar-refractivity contribution in [2.45, 2.75) is 77.3 Å². The Kier molecular flexibility index (Phi) is 19.5. The lowest BCUT2D eigenvalue weighted by Gasteiger charge is -2.23. The van der Waals surface area contributed by atoms with E-state index >= 15 is 0 Å². The molecule has 83 heavy (non-hydrogen) atoms. The van der Waals surface area contributed by atoms with Crippen molar-refractivity contribution in [1.82, 2.24) is 61.5 Å². The average Bonchev–Trinajstić information content (AvgIpc) is 4.41.